The van der Waals surface area contributed by atoms with E-state index >= 15 is 0 Å². The zero-order valence-corrected chi connectivity index (χ0v) is 26.9. The minimum atomic E-state index is -0.765. The third kappa shape index (κ3) is 5.48. The van der Waals surface area contributed by atoms with Crippen LogP contribution < -0.4 is 21.3 Å². The minimum Gasteiger partial charge on any atom is -0.481 e. The monoisotopic (exact) mass is 663 g/mol. The molecule has 2 atom stereocenters. The number of carboxylic acids is 1. The van der Waals surface area contributed by atoms with Gasteiger partial charge in [-0.15, -0.1) is 0 Å². The number of carboxylic acid groups (broad SMARTS) is 1. The van der Waals surface area contributed by atoms with Crippen molar-refractivity contribution >= 4 is 40.8 Å². The second-order valence-corrected chi connectivity index (χ2v) is 12.3. The summed E-state index contributed by atoms with van der Waals surface area (Å²) in [7, 11) is 4.33. The number of likely N-dealkylation sites (tertiary alicyclic amines) is 1. The summed E-state index contributed by atoms with van der Waals surface area (Å²) in [5.41, 5.74) is 3.29. The number of aromatic nitrogens is 3. The number of amides is 1. The molecule has 238 valence electrons. The van der Waals surface area contributed by atoms with Gasteiger partial charge in [-0.1, -0.05) is 53.5 Å². The number of aryl methyl sites for hydroxylation is 2. The van der Waals surface area contributed by atoms with Crippen molar-refractivity contribution in [1.29, 1.82) is 0 Å². The number of nitrogens with zero attached hydrogens (tertiary/aromatic N) is 4. The zero-order valence-electron chi connectivity index (χ0n) is 25.3. The smallest absolute Gasteiger partial charge is 0.330 e. The van der Waals surface area contributed by atoms with E-state index in [-0.39, 0.29) is 28.2 Å². The average Bonchev–Trinajstić information content (AvgIpc) is 3.70. The topological polar surface area (TPSA) is 136 Å². The summed E-state index contributed by atoms with van der Waals surface area (Å²) in [5, 5.41) is 12.8. The van der Waals surface area contributed by atoms with Crippen molar-refractivity contribution in [2.75, 3.05) is 25.5 Å². The molecule has 11 nitrogen and oxygen atoms in total. The number of methoxy groups -OCH3 is 1. The Hall–Kier alpha value is -4.45. The summed E-state index contributed by atoms with van der Waals surface area (Å²) < 4.78 is 7.79. The van der Waals surface area contributed by atoms with Crippen LogP contribution >= 0.6 is 23.2 Å². The van der Waals surface area contributed by atoms with Crippen LogP contribution in [0.5, 0.6) is 5.88 Å². The van der Waals surface area contributed by atoms with Gasteiger partial charge in [0.2, 0.25) is 5.88 Å². The van der Waals surface area contributed by atoms with Crippen molar-refractivity contribution in [1.82, 2.24) is 19.0 Å². The number of pyridine rings is 1. The lowest BCUT2D eigenvalue weighted by Crippen LogP contribution is -2.40. The summed E-state index contributed by atoms with van der Waals surface area (Å²) in [6.07, 6.45) is 3.45. The standard InChI is InChI=1S/C33H31Cl2N5O6/c1-38-16-22(31(42)39(2)33(38)45)29(41)36-23-9-5-7-20(28(23)35)19-6-4-8-21(27(19)34)24-14-17-10-11-25(26(17)30(37-24)46-3)40-13-12-18(15-40)32(43)44/h4-9,14,16,18,25H,10-13,15H2,1-3H3,(H,36,41)(H,43,44)/t18-,25-/m1/s1. The van der Waals surface area contributed by atoms with Crippen LogP contribution in [0.15, 0.2) is 58.3 Å². The van der Waals surface area contributed by atoms with E-state index in [9.17, 15) is 24.3 Å². The first-order valence-electron chi connectivity index (χ1n) is 14.7. The van der Waals surface area contributed by atoms with Gasteiger partial charge in [-0.05, 0) is 43.5 Å². The quantitative estimate of drug-likeness (QED) is 0.289. The Balaban J connectivity index is 1.33. The molecule has 0 radical (unpaired) electrons. The van der Waals surface area contributed by atoms with Crippen LogP contribution in [0.25, 0.3) is 22.4 Å². The Labute approximate surface area is 274 Å². The number of fused-ring (bicyclic) bond motifs is 1. The Morgan fingerprint density at radius 1 is 1.02 bits per heavy atom. The molecule has 13 heteroatoms. The maximum absolute atomic E-state index is 13.1. The van der Waals surface area contributed by atoms with Crippen molar-refractivity contribution < 1.29 is 19.4 Å². The number of aliphatic carboxylic acids is 1. The first kappa shape index (κ1) is 31.5. The van der Waals surface area contributed by atoms with Crippen LogP contribution in [0, 0.1) is 5.92 Å². The SMILES string of the molecule is COc1nc(-c2cccc(-c3cccc(NC(=O)c4cn(C)c(=O)n(C)c4=O)c3Cl)c2Cl)cc2c1[C@H](N1CC[C@@H](C(=O)O)C1)CC2. The number of anilines is 1. The van der Waals surface area contributed by atoms with E-state index < -0.39 is 23.1 Å². The normalized spacial score (nSPS) is 17.6. The van der Waals surface area contributed by atoms with Gasteiger partial charge in [0.15, 0.2) is 0 Å². The van der Waals surface area contributed by atoms with Crippen molar-refractivity contribution in [2.24, 2.45) is 20.0 Å². The Bertz CT molecular complexity index is 2020. The number of carbonyl (C=O) groups excluding carboxylic acids is 1. The van der Waals surface area contributed by atoms with Gasteiger partial charge in [0.25, 0.3) is 11.5 Å². The van der Waals surface area contributed by atoms with Gasteiger partial charge in [-0.25, -0.2) is 9.78 Å². The number of benzene rings is 2. The van der Waals surface area contributed by atoms with Crippen LogP contribution in [0.2, 0.25) is 10.0 Å². The molecule has 2 aromatic heterocycles. The van der Waals surface area contributed by atoms with Crippen LogP contribution in [0.4, 0.5) is 5.69 Å². The fraction of sp³-hybridized carbons (Fsp3) is 0.303. The molecule has 0 unspecified atom stereocenters. The number of ether oxygens (including phenoxy) is 1. The summed E-state index contributed by atoms with van der Waals surface area (Å²) in [5.74, 6) is -1.36. The van der Waals surface area contributed by atoms with E-state index in [0.717, 1.165) is 33.1 Å². The summed E-state index contributed by atoms with van der Waals surface area (Å²) in [4.78, 5) is 56.4. The van der Waals surface area contributed by atoms with E-state index in [0.29, 0.717) is 52.8 Å². The highest BCUT2D eigenvalue weighted by atomic mass is 35.5. The third-order valence-corrected chi connectivity index (χ3v) is 9.65. The van der Waals surface area contributed by atoms with Gasteiger partial charge in [0.05, 0.1) is 34.5 Å². The molecule has 3 heterocycles. The Morgan fingerprint density at radius 2 is 1.72 bits per heavy atom. The van der Waals surface area contributed by atoms with Gasteiger partial charge < -0.3 is 19.7 Å². The highest BCUT2D eigenvalue weighted by Gasteiger charge is 2.38. The van der Waals surface area contributed by atoms with Gasteiger partial charge in [-0.2, -0.15) is 0 Å². The van der Waals surface area contributed by atoms with Crippen molar-refractivity contribution in [3.63, 3.8) is 0 Å². The molecule has 4 aromatic rings. The van der Waals surface area contributed by atoms with Crippen LogP contribution in [0.1, 0.15) is 40.4 Å². The lowest BCUT2D eigenvalue weighted by Gasteiger charge is -2.25. The molecule has 2 aliphatic rings. The van der Waals surface area contributed by atoms with E-state index in [4.69, 9.17) is 32.9 Å². The van der Waals surface area contributed by atoms with Gasteiger partial charge >= 0.3 is 11.7 Å². The second kappa shape index (κ2) is 12.4. The largest absolute Gasteiger partial charge is 0.481 e. The second-order valence-electron chi connectivity index (χ2n) is 11.6. The van der Waals surface area contributed by atoms with E-state index in [2.05, 4.69) is 10.2 Å². The first-order chi connectivity index (χ1) is 22.0. The van der Waals surface area contributed by atoms with Crippen LogP contribution in [-0.2, 0) is 25.3 Å². The molecule has 1 saturated heterocycles. The molecule has 2 N–H and O–H groups in total. The average molecular weight is 665 g/mol. The predicted molar refractivity (Wildman–Crippen MR) is 175 cm³/mol. The number of hydrogen-bond donors (Lipinski definition) is 2. The van der Waals surface area contributed by atoms with Crippen LogP contribution in [0.3, 0.4) is 0 Å². The van der Waals surface area contributed by atoms with Crippen molar-refractivity contribution in [3.05, 3.63) is 96.2 Å². The fourth-order valence-electron chi connectivity index (χ4n) is 6.44. The summed E-state index contributed by atoms with van der Waals surface area (Å²) in [6, 6.07) is 12.7. The minimum absolute atomic E-state index is 0.0374. The van der Waals surface area contributed by atoms with E-state index in [1.165, 1.54) is 20.3 Å². The zero-order chi connectivity index (χ0) is 32.9. The molecular formula is C33H31Cl2N5O6. The third-order valence-electron chi connectivity index (χ3n) is 8.84. The molecule has 0 saturated carbocycles. The fourth-order valence-corrected chi connectivity index (χ4v) is 7.04. The Morgan fingerprint density at radius 3 is 2.41 bits per heavy atom. The lowest BCUT2D eigenvalue weighted by molar-refractivity contribution is -0.141. The molecule has 6 rings (SSSR count). The molecule has 0 bridgehead atoms. The number of rotatable bonds is 7. The van der Waals surface area contributed by atoms with Crippen LogP contribution in [-0.4, -0.2) is 56.2 Å². The number of halogens is 2. The van der Waals surface area contributed by atoms with Crippen molar-refractivity contribution in [2.45, 2.75) is 25.3 Å². The molecule has 1 aliphatic carbocycles. The molecule has 1 aliphatic heterocycles. The molecule has 1 fully saturated rings. The highest BCUT2D eigenvalue weighted by molar-refractivity contribution is 6.39. The number of nitrogens with one attached hydrogen (secondary N) is 1. The molecule has 2 aromatic carbocycles. The predicted octanol–water partition coefficient (Wildman–Crippen LogP) is 4.77. The molecular weight excluding hydrogens is 633 g/mol. The summed E-state index contributed by atoms with van der Waals surface area (Å²) in [6.45, 7) is 1.21. The maximum Gasteiger partial charge on any atom is 0.330 e. The maximum atomic E-state index is 13.1. The van der Waals surface area contributed by atoms with E-state index in [1.807, 2.05) is 24.3 Å². The number of carbonyl (C=O) groups is 2. The van der Waals surface area contributed by atoms with E-state index in [1.54, 1.807) is 25.3 Å². The molecule has 46 heavy (non-hydrogen) atoms. The number of hydrogen-bond acceptors (Lipinski definition) is 7. The summed E-state index contributed by atoms with van der Waals surface area (Å²) >= 11 is 13.8. The van der Waals surface area contributed by atoms with Gasteiger partial charge in [0.1, 0.15) is 5.56 Å². The van der Waals surface area contributed by atoms with Gasteiger partial charge in [-0.3, -0.25) is 23.9 Å². The molecule has 0 spiro atoms. The molecule has 1 amide bonds. The lowest BCUT2D eigenvalue weighted by atomic mass is 9.99. The first-order valence-corrected chi connectivity index (χ1v) is 15.5. The highest BCUT2D eigenvalue weighted by Crippen LogP contribution is 2.46. The van der Waals surface area contributed by atoms with Crippen molar-refractivity contribution in [3.8, 4) is 28.3 Å². The Kier molecular flexibility index (Phi) is 8.49. The van der Waals surface area contributed by atoms with Gasteiger partial charge in [0, 0.05) is 55.1 Å².